The molecule has 2 rings (SSSR count). The first-order chi connectivity index (χ1) is 15.8. The van der Waals surface area contributed by atoms with Crippen LogP contribution in [0.15, 0.2) is 36.9 Å². The van der Waals surface area contributed by atoms with Crippen LogP contribution in [0, 0.1) is 0 Å². The van der Waals surface area contributed by atoms with Crippen LogP contribution in [0.2, 0.25) is 0 Å². The summed E-state index contributed by atoms with van der Waals surface area (Å²) in [5, 5.41) is 0. The number of piperazine rings is 1. The van der Waals surface area contributed by atoms with Crippen LogP contribution in [0.5, 0.6) is 5.75 Å². The normalized spacial score (nSPS) is 14.6. The first kappa shape index (κ1) is 26.8. The van der Waals surface area contributed by atoms with Gasteiger partial charge in [-0.25, -0.2) is 0 Å². The second kappa shape index (κ2) is 18.0. The van der Waals surface area contributed by atoms with Crippen molar-refractivity contribution in [3.8, 4) is 5.75 Å². The molecule has 0 radical (unpaired) electrons. The van der Waals surface area contributed by atoms with E-state index < -0.39 is 0 Å². The molecule has 0 aliphatic carbocycles. The number of allylic oxidation sites excluding steroid dienone is 1. The fourth-order valence-electron chi connectivity index (χ4n) is 4.56. The van der Waals surface area contributed by atoms with Crippen molar-refractivity contribution in [3.63, 3.8) is 0 Å². The fraction of sp³-hybridized carbons (Fsp3) is 0.724. The van der Waals surface area contributed by atoms with E-state index in [2.05, 4.69) is 47.6 Å². The summed E-state index contributed by atoms with van der Waals surface area (Å²) in [5.74, 6) is 1.01. The molecule has 0 N–H and O–H groups in total. The van der Waals surface area contributed by atoms with Gasteiger partial charge in [-0.3, -0.25) is 4.90 Å². The van der Waals surface area contributed by atoms with Gasteiger partial charge in [-0.1, -0.05) is 77.2 Å². The second-order valence-electron chi connectivity index (χ2n) is 9.49. The average Bonchev–Trinajstić information content (AvgIpc) is 2.83. The maximum absolute atomic E-state index is 5.94. The number of anilines is 1. The number of ether oxygens (including phenoxy) is 1. The van der Waals surface area contributed by atoms with Crippen LogP contribution in [-0.2, 0) is 0 Å². The number of hydrogen-bond acceptors (Lipinski definition) is 3. The molecule has 0 atom stereocenters. The van der Waals surface area contributed by atoms with Crippen molar-refractivity contribution in [1.82, 2.24) is 4.90 Å². The Kier molecular flexibility index (Phi) is 15.1. The van der Waals surface area contributed by atoms with Gasteiger partial charge in [0.1, 0.15) is 5.75 Å². The predicted octanol–water partition coefficient (Wildman–Crippen LogP) is 7.85. The topological polar surface area (TPSA) is 15.7 Å². The predicted molar refractivity (Wildman–Crippen MR) is 141 cm³/mol. The van der Waals surface area contributed by atoms with Gasteiger partial charge in [0.2, 0.25) is 0 Å². The number of benzene rings is 1. The Labute approximate surface area is 199 Å². The Morgan fingerprint density at radius 1 is 0.750 bits per heavy atom. The molecule has 1 saturated heterocycles. The van der Waals surface area contributed by atoms with Crippen LogP contribution in [-0.4, -0.2) is 44.2 Å². The number of hydrogen-bond donors (Lipinski definition) is 0. The lowest BCUT2D eigenvalue weighted by atomic mass is 10.1. The van der Waals surface area contributed by atoms with Gasteiger partial charge in [0.25, 0.3) is 0 Å². The van der Waals surface area contributed by atoms with Gasteiger partial charge in [0.05, 0.1) is 6.61 Å². The van der Waals surface area contributed by atoms with Crippen molar-refractivity contribution < 1.29 is 4.74 Å². The number of nitrogens with zero attached hydrogens (tertiary/aromatic N) is 2. The first-order valence-electron chi connectivity index (χ1n) is 13.6. The Morgan fingerprint density at radius 2 is 1.34 bits per heavy atom. The summed E-state index contributed by atoms with van der Waals surface area (Å²) in [4.78, 5) is 5.18. The van der Waals surface area contributed by atoms with Crippen molar-refractivity contribution in [1.29, 1.82) is 0 Å². The maximum atomic E-state index is 5.94. The lowest BCUT2D eigenvalue weighted by Gasteiger charge is -2.36. The lowest BCUT2D eigenvalue weighted by Crippen LogP contribution is -2.46. The number of rotatable bonds is 19. The summed E-state index contributed by atoms with van der Waals surface area (Å²) < 4.78 is 5.94. The van der Waals surface area contributed by atoms with E-state index in [0.29, 0.717) is 0 Å². The highest BCUT2D eigenvalue weighted by atomic mass is 16.5. The van der Waals surface area contributed by atoms with Gasteiger partial charge in [0, 0.05) is 31.9 Å². The average molecular weight is 443 g/mol. The van der Waals surface area contributed by atoms with E-state index in [4.69, 9.17) is 4.74 Å². The molecule has 0 saturated carbocycles. The highest BCUT2D eigenvalue weighted by Gasteiger charge is 2.16. The quantitative estimate of drug-likeness (QED) is 0.160. The molecule has 182 valence electrons. The summed E-state index contributed by atoms with van der Waals surface area (Å²) >= 11 is 0. The SMILES string of the molecule is C=CCCCCCCCOc1ccc(N2CCN(CCCCCCCCCC)CC2)cc1. The molecule has 0 bridgehead atoms. The maximum Gasteiger partial charge on any atom is 0.119 e. The molecule has 3 heteroatoms. The minimum atomic E-state index is 0.832. The summed E-state index contributed by atoms with van der Waals surface area (Å²) in [6, 6.07) is 8.76. The molecule has 0 spiro atoms. The summed E-state index contributed by atoms with van der Waals surface area (Å²) in [6.45, 7) is 12.9. The minimum absolute atomic E-state index is 0.832. The Bertz CT molecular complexity index is 563. The number of unbranched alkanes of at least 4 members (excludes halogenated alkanes) is 12. The third-order valence-corrected chi connectivity index (χ3v) is 6.72. The summed E-state index contributed by atoms with van der Waals surface area (Å²) in [7, 11) is 0. The van der Waals surface area contributed by atoms with Gasteiger partial charge >= 0.3 is 0 Å². The van der Waals surface area contributed by atoms with E-state index in [1.165, 1.54) is 102 Å². The molecule has 1 aliphatic rings. The highest BCUT2D eigenvalue weighted by molar-refractivity contribution is 5.49. The van der Waals surface area contributed by atoms with Crippen molar-refractivity contribution in [2.24, 2.45) is 0 Å². The Hall–Kier alpha value is -1.48. The van der Waals surface area contributed by atoms with Crippen LogP contribution in [0.4, 0.5) is 5.69 Å². The zero-order valence-corrected chi connectivity index (χ0v) is 21.0. The van der Waals surface area contributed by atoms with E-state index in [9.17, 15) is 0 Å². The zero-order chi connectivity index (χ0) is 22.7. The summed E-state index contributed by atoms with van der Waals surface area (Å²) in [6.07, 6.45) is 20.7. The molecule has 3 nitrogen and oxygen atoms in total. The van der Waals surface area contributed by atoms with Gasteiger partial charge in [-0.05, 0) is 56.5 Å². The molecular weight excluding hydrogens is 392 g/mol. The third kappa shape index (κ3) is 11.9. The highest BCUT2D eigenvalue weighted by Crippen LogP contribution is 2.21. The second-order valence-corrected chi connectivity index (χ2v) is 9.49. The van der Waals surface area contributed by atoms with E-state index in [1.54, 1.807) is 0 Å². The van der Waals surface area contributed by atoms with Crippen LogP contribution in [0.1, 0.15) is 96.8 Å². The van der Waals surface area contributed by atoms with Crippen molar-refractivity contribution in [2.45, 2.75) is 96.8 Å². The van der Waals surface area contributed by atoms with Gasteiger partial charge in [-0.2, -0.15) is 0 Å². The first-order valence-corrected chi connectivity index (χ1v) is 13.6. The molecule has 1 fully saturated rings. The standard InChI is InChI=1S/C29H50N2O/c1-3-5-7-9-11-12-14-16-22-30-23-25-31(26-24-30)28-18-20-29(21-19-28)32-27-17-15-13-10-8-6-4-2/h4,18-21H,2-3,5-17,22-27H2,1H3. The van der Waals surface area contributed by atoms with Gasteiger partial charge < -0.3 is 9.64 Å². The Balaban J connectivity index is 1.51. The Morgan fingerprint density at radius 3 is 2.00 bits per heavy atom. The van der Waals surface area contributed by atoms with E-state index in [-0.39, 0.29) is 0 Å². The molecular formula is C29H50N2O. The minimum Gasteiger partial charge on any atom is -0.494 e. The molecule has 0 unspecified atom stereocenters. The van der Waals surface area contributed by atoms with E-state index in [0.717, 1.165) is 38.3 Å². The van der Waals surface area contributed by atoms with E-state index >= 15 is 0 Å². The molecule has 32 heavy (non-hydrogen) atoms. The molecule has 1 aliphatic heterocycles. The van der Waals surface area contributed by atoms with Crippen molar-refractivity contribution >= 4 is 5.69 Å². The summed E-state index contributed by atoms with van der Waals surface area (Å²) in [5.41, 5.74) is 1.34. The largest absolute Gasteiger partial charge is 0.494 e. The van der Waals surface area contributed by atoms with Crippen LogP contribution >= 0.6 is 0 Å². The van der Waals surface area contributed by atoms with Crippen LogP contribution < -0.4 is 9.64 Å². The van der Waals surface area contributed by atoms with E-state index in [1.807, 2.05) is 6.08 Å². The molecule has 1 aromatic carbocycles. The van der Waals surface area contributed by atoms with Crippen molar-refractivity contribution in [3.05, 3.63) is 36.9 Å². The third-order valence-electron chi connectivity index (χ3n) is 6.72. The van der Waals surface area contributed by atoms with Crippen molar-refractivity contribution in [2.75, 3.05) is 44.2 Å². The molecule has 1 heterocycles. The zero-order valence-electron chi connectivity index (χ0n) is 21.0. The molecule has 1 aromatic rings. The van der Waals surface area contributed by atoms with Gasteiger partial charge in [0.15, 0.2) is 0 Å². The fourth-order valence-corrected chi connectivity index (χ4v) is 4.56. The van der Waals surface area contributed by atoms with Crippen LogP contribution in [0.25, 0.3) is 0 Å². The monoisotopic (exact) mass is 442 g/mol. The smallest absolute Gasteiger partial charge is 0.119 e. The lowest BCUT2D eigenvalue weighted by molar-refractivity contribution is 0.252. The molecule has 0 aromatic heterocycles. The molecule has 0 amide bonds. The van der Waals surface area contributed by atoms with Crippen LogP contribution in [0.3, 0.4) is 0 Å². The van der Waals surface area contributed by atoms with Gasteiger partial charge in [-0.15, -0.1) is 6.58 Å².